The zero-order valence-corrected chi connectivity index (χ0v) is 23.5. The van der Waals surface area contributed by atoms with Gasteiger partial charge in [0.15, 0.2) is 0 Å². The summed E-state index contributed by atoms with van der Waals surface area (Å²) in [7, 11) is 0. The van der Waals surface area contributed by atoms with Crippen LogP contribution >= 0.6 is 0 Å². The van der Waals surface area contributed by atoms with E-state index in [2.05, 4.69) is 24.3 Å². The van der Waals surface area contributed by atoms with Crippen LogP contribution in [0.1, 0.15) is 46.4 Å². The van der Waals surface area contributed by atoms with Gasteiger partial charge in [-0.3, -0.25) is 9.59 Å². The quantitative estimate of drug-likeness (QED) is 0.172. The minimum atomic E-state index is -0.185. The van der Waals surface area contributed by atoms with Crippen LogP contribution in [-0.4, -0.2) is 34.7 Å². The summed E-state index contributed by atoms with van der Waals surface area (Å²) in [6, 6.07) is 44.1. The summed E-state index contributed by atoms with van der Waals surface area (Å²) < 4.78 is 0. The van der Waals surface area contributed by atoms with E-state index in [-0.39, 0.29) is 24.3 Å². The van der Waals surface area contributed by atoms with Gasteiger partial charge in [-0.2, -0.15) is 0 Å². The van der Waals surface area contributed by atoms with Crippen LogP contribution < -0.4 is 0 Å². The fourth-order valence-electron chi connectivity index (χ4n) is 5.25. The molecule has 0 fully saturated rings. The SMILES string of the molecule is CC(c1ccccc1)N(CCC(=O)N(CCc1ccccc1)Cc1ccccc1)C(=O)c1ccc2ccccc2c1. The molecule has 0 saturated heterocycles. The monoisotopic (exact) mass is 540 g/mol. The fourth-order valence-corrected chi connectivity index (χ4v) is 5.25. The number of fused-ring (bicyclic) bond motifs is 1. The average Bonchev–Trinajstić information content (AvgIpc) is 3.04. The Hall–Kier alpha value is -4.70. The van der Waals surface area contributed by atoms with Gasteiger partial charge in [-0.25, -0.2) is 0 Å². The molecule has 5 aromatic rings. The Morgan fingerprint density at radius 2 is 1.22 bits per heavy atom. The molecule has 0 spiro atoms. The molecule has 0 aliphatic heterocycles. The van der Waals surface area contributed by atoms with Crippen LogP contribution in [0, 0.1) is 0 Å². The molecule has 1 atom stereocenters. The summed E-state index contributed by atoms with van der Waals surface area (Å²) in [4.78, 5) is 31.5. The number of hydrogen-bond donors (Lipinski definition) is 0. The summed E-state index contributed by atoms with van der Waals surface area (Å²) in [5.74, 6) is -0.0276. The molecule has 0 aromatic heterocycles. The minimum Gasteiger partial charge on any atom is -0.338 e. The minimum absolute atomic E-state index is 0.0429. The van der Waals surface area contributed by atoms with Crippen molar-refractivity contribution in [3.8, 4) is 0 Å². The number of amides is 2. The molecule has 206 valence electrons. The van der Waals surface area contributed by atoms with Gasteiger partial charge in [-0.1, -0.05) is 121 Å². The number of carbonyl (C=O) groups is 2. The van der Waals surface area contributed by atoms with Crippen LogP contribution in [0.5, 0.6) is 0 Å². The highest BCUT2D eigenvalue weighted by Crippen LogP contribution is 2.25. The summed E-state index contributed by atoms with van der Waals surface area (Å²) >= 11 is 0. The van der Waals surface area contributed by atoms with Crippen LogP contribution in [0.2, 0.25) is 0 Å². The van der Waals surface area contributed by atoms with Crippen molar-refractivity contribution in [3.05, 3.63) is 156 Å². The maximum atomic E-state index is 14.0. The number of carbonyl (C=O) groups excluding carboxylic acids is 2. The summed E-state index contributed by atoms with van der Waals surface area (Å²) in [5, 5.41) is 2.12. The molecule has 5 aromatic carbocycles. The van der Waals surface area contributed by atoms with Crippen molar-refractivity contribution in [1.29, 1.82) is 0 Å². The van der Waals surface area contributed by atoms with Gasteiger partial charge in [-0.05, 0) is 52.9 Å². The summed E-state index contributed by atoms with van der Waals surface area (Å²) in [6.45, 7) is 3.52. The van der Waals surface area contributed by atoms with Gasteiger partial charge in [0.1, 0.15) is 0 Å². The molecule has 41 heavy (non-hydrogen) atoms. The van der Waals surface area contributed by atoms with Crippen molar-refractivity contribution < 1.29 is 9.59 Å². The summed E-state index contributed by atoms with van der Waals surface area (Å²) in [6.07, 6.45) is 1.03. The Labute approximate surface area is 242 Å². The maximum Gasteiger partial charge on any atom is 0.254 e. The first-order valence-electron chi connectivity index (χ1n) is 14.3. The topological polar surface area (TPSA) is 40.6 Å². The van der Waals surface area contributed by atoms with Crippen LogP contribution in [0.4, 0.5) is 0 Å². The first-order valence-corrected chi connectivity index (χ1v) is 14.3. The van der Waals surface area contributed by atoms with E-state index in [0.29, 0.717) is 25.2 Å². The van der Waals surface area contributed by atoms with Gasteiger partial charge < -0.3 is 9.80 Å². The second kappa shape index (κ2) is 13.6. The molecule has 4 nitrogen and oxygen atoms in total. The Morgan fingerprint density at radius 3 is 1.90 bits per heavy atom. The van der Waals surface area contributed by atoms with Gasteiger partial charge in [0, 0.05) is 31.6 Å². The molecule has 2 amide bonds. The van der Waals surface area contributed by atoms with E-state index in [0.717, 1.165) is 28.3 Å². The van der Waals surface area contributed by atoms with E-state index in [9.17, 15) is 9.59 Å². The Morgan fingerprint density at radius 1 is 0.634 bits per heavy atom. The number of rotatable bonds is 11. The van der Waals surface area contributed by atoms with Crippen molar-refractivity contribution in [3.63, 3.8) is 0 Å². The fraction of sp³-hybridized carbons (Fsp3) is 0.189. The Balaban J connectivity index is 1.36. The third-order valence-electron chi connectivity index (χ3n) is 7.66. The predicted octanol–water partition coefficient (Wildman–Crippen LogP) is 7.70. The van der Waals surface area contributed by atoms with E-state index in [1.165, 1.54) is 5.56 Å². The van der Waals surface area contributed by atoms with Crippen LogP contribution in [0.3, 0.4) is 0 Å². The van der Waals surface area contributed by atoms with E-state index in [1.807, 2.05) is 126 Å². The van der Waals surface area contributed by atoms with Crippen molar-refractivity contribution in [2.24, 2.45) is 0 Å². The third kappa shape index (κ3) is 7.29. The Bertz CT molecular complexity index is 1570. The number of benzene rings is 5. The van der Waals surface area contributed by atoms with Crippen molar-refractivity contribution >= 4 is 22.6 Å². The molecule has 1 unspecified atom stereocenters. The first kappa shape index (κ1) is 27.9. The normalized spacial score (nSPS) is 11.6. The van der Waals surface area contributed by atoms with Crippen molar-refractivity contribution in [2.75, 3.05) is 13.1 Å². The zero-order valence-electron chi connectivity index (χ0n) is 23.5. The molecule has 5 rings (SSSR count). The molecule has 0 N–H and O–H groups in total. The van der Waals surface area contributed by atoms with E-state index >= 15 is 0 Å². The average molecular weight is 541 g/mol. The smallest absolute Gasteiger partial charge is 0.254 e. The lowest BCUT2D eigenvalue weighted by molar-refractivity contribution is -0.132. The van der Waals surface area contributed by atoms with Gasteiger partial charge >= 0.3 is 0 Å². The molecule has 4 heteroatoms. The van der Waals surface area contributed by atoms with Crippen LogP contribution in [0.15, 0.2) is 133 Å². The maximum absolute atomic E-state index is 14.0. The van der Waals surface area contributed by atoms with Gasteiger partial charge in [0.2, 0.25) is 5.91 Å². The highest BCUT2D eigenvalue weighted by Gasteiger charge is 2.25. The van der Waals surface area contributed by atoms with Gasteiger partial charge in [0.25, 0.3) is 5.91 Å². The predicted molar refractivity (Wildman–Crippen MR) is 166 cm³/mol. The largest absolute Gasteiger partial charge is 0.338 e. The molecule has 0 bridgehead atoms. The molecule has 0 aliphatic carbocycles. The van der Waals surface area contributed by atoms with Crippen molar-refractivity contribution in [2.45, 2.75) is 32.4 Å². The highest BCUT2D eigenvalue weighted by atomic mass is 16.2. The number of nitrogens with zero attached hydrogens (tertiary/aromatic N) is 2. The number of hydrogen-bond acceptors (Lipinski definition) is 2. The second-order valence-electron chi connectivity index (χ2n) is 10.4. The second-order valence-corrected chi connectivity index (χ2v) is 10.4. The molecule has 0 heterocycles. The summed E-state index contributed by atoms with van der Waals surface area (Å²) in [5.41, 5.74) is 3.96. The van der Waals surface area contributed by atoms with Crippen molar-refractivity contribution in [1.82, 2.24) is 9.80 Å². The van der Waals surface area contributed by atoms with Gasteiger partial charge in [-0.15, -0.1) is 0 Å². The molecule has 0 aliphatic rings. The van der Waals surface area contributed by atoms with Crippen LogP contribution in [0.25, 0.3) is 10.8 Å². The lowest BCUT2D eigenvalue weighted by atomic mass is 10.0. The van der Waals surface area contributed by atoms with E-state index < -0.39 is 0 Å². The Kier molecular flexibility index (Phi) is 9.23. The van der Waals surface area contributed by atoms with Crippen LogP contribution in [-0.2, 0) is 17.8 Å². The van der Waals surface area contributed by atoms with E-state index in [1.54, 1.807) is 0 Å². The molecule has 0 radical (unpaired) electrons. The molecular weight excluding hydrogens is 504 g/mol. The van der Waals surface area contributed by atoms with Gasteiger partial charge in [0.05, 0.1) is 6.04 Å². The molecule has 0 saturated carbocycles. The lowest BCUT2D eigenvalue weighted by Crippen LogP contribution is -2.39. The molecular formula is C37H36N2O2. The lowest BCUT2D eigenvalue weighted by Gasteiger charge is -2.31. The third-order valence-corrected chi connectivity index (χ3v) is 7.66. The highest BCUT2D eigenvalue weighted by molar-refractivity contribution is 5.99. The zero-order chi connectivity index (χ0) is 28.4. The first-order chi connectivity index (χ1) is 20.1. The standard InChI is InChI=1S/C37H36N2O2/c1-29(32-17-9-4-10-18-32)39(37(41)35-22-21-33-19-11-12-20-34(33)27-35)26-24-36(40)38(28-31-15-7-3-8-16-31)25-23-30-13-5-2-6-14-30/h2-22,27,29H,23-26,28H2,1H3. The van der Waals surface area contributed by atoms with E-state index in [4.69, 9.17) is 0 Å².